The van der Waals surface area contributed by atoms with Crippen molar-refractivity contribution in [1.82, 2.24) is 0 Å². The number of hydrogen-bond acceptors (Lipinski definition) is 1. The van der Waals surface area contributed by atoms with E-state index in [1.807, 2.05) is 13.8 Å². The maximum Gasteiger partial charge on any atom is 0.123 e. The van der Waals surface area contributed by atoms with Crippen LogP contribution in [0.4, 0.5) is 4.39 Å². The van der Waals surface area contributed by atoms with Crippen molar-refractivity contribution in [3.8, 4) is 0 Å². The lowest BCUT2D eigenvalue weighted by atomic mass is 9.89. The molecule has 0 bridgehead atoms. The minimum atomic E-state index is -0.414. The molecule has 1 fully saturated rings. The first-order valence-electron chi connectivity index (χ1n) is 6.04. The second-order valence-corrected chi connectivity index (χ2v) is 4.94. The predicted octanol–water partition coefficient (Wildman–Crippen LogP) is 3.67. The lowest BCUT2D eigenvalue weighted by molar-refractivity contribution is 0.110. The van der Waals surface area contributed by atoms with Crippen LogP contribution in [-0.4, -0.2) is 5.11 Å². The van der Waals surface area contributed by atoms with Crippen LogP contribution in [0.25, 0.3) is 0 Å². The van der Waals surface area contributed by atoms with E-state index < -0.39 is 6.10 Å². The van der Waals surface area contributed by atoms with Gasteiger partial charge >= 0.3 is 0 Å². The van der Waals surface area contributed by atoms with Gasteiger partial charge in [0, 0.05) is 0 Å². The average molecular weight is 222 g/mol. The van der Waals surface area contributed by atoms with Gasteiger partial charge in [-0.2, -0.15) is 0 Å². The smallest absolute Gasteiger partial charge is 0.123 e. The molecule has 1 aromatic carbocycles. The summed E-state index contributed by atoms with van der Waals surface area (Å²) >= 11 is 0. The molecule has 88 valence electrons. The summed E-state index contributed by atoms with van der Waals surface area (Å²) in [6.07, 6.45) is 4.19. The average Bonchev–Trinajstić information content (AvgIpc) is 2.67. The van der Waals surface area contributed by atoms with Crippen LogP contribution in [0.3, 0.4) is 0 Å². The highest BCUT2D eigenvalue weighted by atomic mass is 19.1. The maximum absolute atomic E-state index is 13.2. The zero-order chi connectivity index (χ0) is 11.7. The second kappa shape index (κ2) is 4.54. The number of aliphatic hydroxyl groups is 1. The van der Waals surface area contributed by atoms with Crippen LogP contribution >= 0.6 is 0 Å². The van der Waals surface area contributed by atoms with Gasteiger partial charge in [-0.3, -0.25) is 0 Å². The van der Waals surface area contributed by atoms with E-state index >= 15 is 0 Å². The molecule has 16 heavy (non-hydrogen) atoms. The first kappa shape index (κ1) is 11.6. The van der Waals surface area contributed by atoms with Gasteiger partial charge in [0.1, 0.15) is 5.82 Å². The molecule has 0 spiro atoms. The fourth-order valence-corrected chi connectivity index (χ4v) is 2.90. The third-order valence-electron chi connectivity index (χ3n) is 3.70. The minimum Gasteiger partial charge on any atom is -0.388 e. The monoisotopic (exact) mass is 222 g/mol. The molecule has 0 radical (unpaired) electrons. The van der Waals surface area contributed by atoms with E-state index in [0.29, 0.717) is 5.92 Å². The highest BCUT2D eigenvalue weighted by Gasteiger charge is 2.26. The fraction of sp³-hybridized carbons (Fsp3) is 0.571. The summed E-state index contributed by atoms with van der Waals surface area (Å²) in [7, 11) is 0. The number of benzene rings is 1. The summed E-state index contributed by atoms with van der Waals surface area (Å²) in [6, 6.07) is 3.03. The Morgan fingerprint density at radius 1 is 1.19 bits per heavy atom. The Bertz CT molecular complexity index is 357. The molecule has 1 unspecified atom stereocenters. The van der Waals surface area contributed by atoms with Crippen molar-refractivity contribution < 1.29 is 9.50 Å². The highest BCUT2D eigenvalue weighted by Crippen LogP contribution is 2.38. The molecule has 1 nitrogen and oxygen atoms in total. The second-order valence-electron chi connectivity index (χ2n) is 4.94. The highest BCUT2D eigenvalue weighted by molar-refractivity contribution is 5.36. The molecule has 1 saturated carbocycles. The molecular weight excluding hydrogens is 203 g/mol. The Morgan fingerprint density at radius 3 is 2.19 bits per heavy atom. The molecule has 0 aromatic heterocycles. The number of rotatable bonds is 2. The van der Waals surface area contributed by atoms with Crippen LogP contribution in [0.5, 0.6) is 0 Å². The summed E-state index contributed by atoms with van der Waals surface area (Å²) in [5.74, 6) is 0.153. The lowest BCUT2D eigenvalue weighted by Gasteiger charge is -2.22. The summed E-state index contributed by atoms with van der Waals surface area (Å²) in [4.78, 5) is 0. The third-order valence-corrected chi connectivity index (χ3v) is 3.70. The Labute approximate surface area is 96.3 Å². The number of halogens is 1. The number of aliphatic hydroxyl groups excluding tert-OH is 1. The van der Waals surface area contributed by atoms with E-state index in [4.69, 9.17) is 0 Å². The molecule has 1 aliphatic rings. The van der Waals surface area contributed by atoms with Crippen molar-refractivity contribution in [3.63, 3.8) is 0 Å². The van der Waals surface area contributed by atoms with Gasteiger partial charge in [-0.05, 0) is 61.4 Å². The van der Waals surface area contributed by atoms with Crippen LogP contribution in [0.2, 0.25) is 0 Å². The molecule has 1 aliphatic carbocycles. The Hall–Kier alpha value is -0.890. The molecule has 0 saturated heterocycles. The SMILES string of the molecule is Cc1cc(F)cc(C)c1C(O)C1CCCC1. The molecular formula is C14H19FO. The van der Waals surface area contributed by atoms with Gasteiger partial charge in [-0.15, -0.1) is 0 Å². The largest absolute Gasteiger partial charge is 0.388 e. The van der Waals surface area contributed by atoms with Crippen LogP contribution in [-0.2, 0) is 0 Å². The van der Waals surface area contributed by atoms with Gasteiger partial charge in [0.25, 0.3) is 0 Å². The van der Waals surface area contributed by atoms with Gasteiger partial charge in [-0.1, -0.05) is 12.8 Å². The van der Waals surface area contributed by atoms with Gasteiger partial charge in [0.15, 0.2) is 0 Å². The first-order chi connectivity index (χ1) is 7.59. The molecule has 2 heteroatoms. The summed E-state index contributed by atoms with van der Waals surface area (Å²) in [6.45, 7) is 3.76. The van der Waals surface area contributed by atoms with E-state index in [0.717, 1.165) is 29.5 Å². The summed E-state index contributed by atoms with van der Waals surface area (Å²) < 4.78 is 13.2. The molecule has 1 aromatic rings. The third kappa shape index (κ3) is 2.12. The first-order valence-corrected chi connectivity index (χ1v) is 6.04. The minimum absolute atomic E-state index is 0.211. The number of hydrogen-bond donors (Lipinski definition) is 1. The summed E-state index contributed by atoms with van der Waals surface area (Å²) in [5.41, 5.74) is 2.68. The normalized spacial score (nSPS) is 19.0. The van der Waals surface area contributed by atoms with E-state index in [9.17, 15) is 9.50 Å². The van der Waals surface area contributed by atoms with Gasteiger partial charge in [0.2, 0.25) is 0 Å². The Kier molecular flexibility index (Phi) is 3.29. The molecule has 0 aliphatic heterocycles. The van der Waals surface area contributed by atoms with Crippen LogP contribution in [0.1, 0.15) is 48.5 Å². The number of aryl methyl sites for hydroxylation is 2. The quantitative estimate of drug-likeness (QED) is 0.809. The van der Waals surface area contributed by atoms with Crippen LogP contribution in [0.15, 0.2) is 12.1 Å². The van der Waals surface area contributed by atoms with Crippen molar-refractivity contribution in [2.45, 2.75) is 45.6 Å². The Balaban J connectivity index is 2.31. The van der Waals surface area contributed by atoms with Gasteiger partial charge < -0.3 is 5.11 Å². The van der Waals surface area contributed by atoms with Gasteiger partial charge in [-0.25, -0.2) is 4.39 Å². The zero-order valence-corrected chi connectivity index (χ0v) is 9.96. The molecule has 2 rings (SSSR count). The van der Waals surface area contributed by atoms with Crippen molar-refractivity contribution in [3.05, 3.63) is 34.6 Å². The molecule has 0 heterocycles. The zero-order valence-electron chi connectivity index (χ0n) is 9.96. The Morgan fingerprint density at radius 2 is 1.69 bits per heavy atom. The van der Waals surface area contributed by atoms with E-state index in [1.165, 1.54) is 25.0 Å². The topological polar surface area (TPSA) is 20.2 Å². The van der Waals surface area contributed by atoms with E-state index in [-0.39, 0.29) is 5.82 Å². The molecule has 0 amide bonds. The molecule has 1 N–H and O–H groups in total. The lowest BCUT2D eigenvalue weighted by Crippen LogP contribution is -2.12. The van der Waals surface area contributed by atoms with Crippen molar-refractivity contribution >= 4 is 0 Å². The fourth-order valence-electron chi connectivity index (χ4n) is 2.90. The maximum atomic E-state index is 13.2. The van der Waals surface area contributed by atoms with Crippen LogP contribution in [0, 0.1) is 25.6 Å². The summed E-state index contributed by atoms with van der Waals surface area (Å²) in [5, 5.41) is 10.4. The van der Waals surface area contributed by atoms with Crippen molar-refractivity contribution in [2.24, 2.45) is 5.92 Å². The van der Waals surface area contributed by atoms with E-state index in [2.05, 4.69) is 0 Å². The van der Waals surface area contributed by atoms with Crippen molar-refractivity contribution in [2.75, 3.05) is 0 Å². The predicted molar refractivity (Wildman–Crippen MR) is 62.8 cm³/mol. The van der Waals surface area contributed by atoms with E-state index in [1.54, 1.807) is 0 Å². The van der Waals surface area contributed by atoms with Crippen molar-refractivity contribution in [1.29, 1.82) is 0 Å². The molecule has 1 atom stereocenters. The van der Waals surface area contributed by atoms with Crippen LogP contribution < -0.4 is 0 Å². The standard InChI is InChI=1S/C14H19FO/c1-9-7-12(15)8-10(2)13(9)14(16)11-5-3-4-6-11/h7-8,11,14,16H,3-6H2,1-2H3. The van der Waals surface area contributed by atoms with Gasteiger partial charge in [0.05, 0.1) is 6.10 Å².